The molecule has 1 aliphatic rings. The molecule has 8 N–H and O–H groups in total. The molecule has 0 fully saturated rings. The zero-order chi connectivity index (χ0) is 75.5. The quantitative estimate of drug-likeness (QED) is 0.0159. The van der Waals surface area contributed by atoms with E-state index in [0.717, 1.165) is 55.6 Å². The van der Waals surface area contributed by atoms with Gasteiger partial charge in [-0.25, -0.2) is 0 Å². The predicted molar refractivity (Wildman–Crippen MR) is 411 cm³/mol. The summed E-state index contributed by atoms with van der Waals surface area (Å²) in [6.07, 6.45) is 51.1. The highest BCUT2D eigenvalue weighted by Gasteiger charge is 2.24. The lowest BCUT2D eigenvalue weighted by Crippen LogP contribution is -2.47. The Bertz CT molecular complexity index is 2240. The van der Waals surface area contributed by atoms with Gasteiger partial charge >= 0.3 is 0 Å². The van der Waals surface area contributed by atoms with Crippen LogP contribution in [0.15, 0.2) is 24.3 Å². The second-order valence-corrected chi connectivity index (χ2v) is 27.5. The third-order valence-electron chi connectivity index (χ3n) is 17.9. The molecule has 10 amide bonds. The summed E-state index contributed by atoms with van der Waals surface area (Å²) in [5.74, 6) is -2.59. The molecule has 24 nitrogen and oxygen atoms in total. The largest absolute Gasteiger partial charge is 0.381 e. The fraction of sp³-hybridized carbons (Fsp3) is 0.825. The number of nitrogens with one attached hydrogen (secondary N) is 8. The molecule has 24 heteroatoms. The second-order valence-electron chi connectivity index (χ2n) is 27.5. The van der Waals surface area contributed by atoms with Gasteiger partial charge in [0, 0.05) is 156 Å². The van der Waals surface area contributed by atoms with Gasteiger partial charge in [0.2, 0.25) is 47.3 Å². The van der Waals surface area contributed by atoms with E-state index >= 15 is 0 Å². The lowest BCUT2D eigenvalue weighted by atomic mass is 10.0. The lowest BCUT2D eigenvalue weighted by Gasteiger charge is -2.19. The molecule has 0 radical (unpaired) electrons. The van der Waals surface area contributed by atoms with Crippen molar-refractivity contribution in [2.24, 2.45) is 0 Å². The number of carbonyl (C=O) groups is 10. The third kappa shape index (κ3) is 65.7. The Kier molecular flexibility index (Phi) is 68.5. The van der Waals surface area contributed by atoms with E-state index in [9.17, 15) is 47.9 Å². The molecule has 1 aliphatic heterocycles. The highest BCUT2D eigenvalue weighted by atomic mass is 16.5. The van der Waals surface area contributed by atoms with Crippen LogP contribution in [-0.4, -0.2) is 188 Å². The summed E-state index contributed by atoms with van der Waals surface area (Å²) in [5.41, 5.74) is 0. The summed E-state index contributed by atoms with van der Waals surface area (Å²) in [6, 6.07) is -1.03. The first kappa shape index (κ1) is 96.2. The molecule has 0 aliphatic carbocycles. The van der Waals surface area contributed by atoms with Crippen LogP contribution in [0, 0.1) is 0 Å². The molecular weight excluding hydrogens is 1330 g/mol. The van der Waals surface area contributed by atoms with Gasteiger partial charge < -0.3 is 66.2 Å². The average Bonchev–Trinajstić information content (AvgIpc) is 1.72. The Morgan fingerprint density at radius 2 is 0.606 bits per heavy atom. The Balaban J connectivity index is 2.20. The molecule has 0 saturated heterocycles. The number of hydrogen-bond acceptors (Lipinski definition) is 15. The third-order valence-corrected chi connectivity index (χ3v) is 17.9. The minimum absolute atomic E-state index is 0.00762. The zero-order valence-corrected chi connectivity index (χ0v) is 65.0. The van der Waals surface area contributed by atoms with Crippen LogP contribution >= 0.6 is 0 Å². The Labute approximate surface area is 627 Å². The topological polar surface area (TPSA) is 316 Å². The highest BCUT2D eigenvalue weighted by Crippen LogP contribution is 2.15. The molecule has 1 atom stereocenters. The van der Waals surface area contributed by atoms with Gasteiger partial charge in [0.15, 0.2) is 0 Å². The monoisotopic (exact) mass is 1470 g/mol. The average molecular weight is 1470 g/mol. The number of carbonyl (C=O) groups excluding carboxylic acids is 10. The molecule has 0 aromatic heterocycles. The van der Waals surface area contributed by atoms with Crippen LogP contribution in [0.2, 0.25) is 0 Å². The number of unbranched alkanes of at least 4 members (excludes halogenated alkanes) is 27. The molecule has 0 bridgehead atoms. The number of hydrogen-bond donors (Lipinski definition) is 8. The van der Waals surface area contributed by atoms with Crippen molar-refractivity contribution in [2.75, 3.05) is 118 Å². The minimum Gasteiger partial charge on any atom is -0.381 e. The van der Waals surface area contributed by atoms with Crippen LogP contribution < -0.4 is 42.5 Å². The Morgan fingerprint density at radius 3 is 1.00 bits per heavy atom. The summed E-state index contributed by atoms with van der Waals surface area (Å²) < 4.78 is 28.2. The first-order valence-corrected chi connectivity index (χ1v) is 41.1. The van der Waals surface area contributed by atoms with E-state index < -0.39 is 29.7 Å². The maximum Gasteiger partial charge on any atom is 0.253 e. The van der Waals surface area contributed by atoms with E-state index in [1.807, 2.05) is 0 Å². The first-order chi connectivity index (χ1) is 50.9. The normalized spacial score (nSPS) is 12.3. The molecule has 0 aromatic rings. The van der Waals surface area contributed by atoms with Gasteiger partial charge in [-0.1, -0.05) is 180 Å². The van der Waals surface area contributed by atoms with E-state index in [2.05, 4.69) is 68.5 Å². The fourth-order valence-corrected chi connectivity index (χ4v) is 11.6. The molecule has 600 valence electrons. The van der Waals surface area contributed by atoms with E-state index in [-0.39, 0.29) is 114 Å². The van der Waals surface area contributed by atoms with Gasteiger partial charge in [0.1, 0.15) is 6.04 Å². The standard InChI is InChI=1S/C80H145N9O15/c1-3-5-7-9-11-13-15-17-18-19-20-21-22-24-26-28-30-32-34-43-72(91)81-52-37-62-101-64-39-54-83-73(92)44-35-60-100-66-41-56-87-80(99)70(88-77(96)51-67-104-69-58-86-76(95)50-59-89-78(97)48-49-79(89)98)46-47-75(94)85-57-68-103-61-36-45-74(93)84-55-40-65-102-63-38-53-82-71(90)42-33-31-29-27-25-23-16-14-12-10-8-6-4-2/h17-18,48-49,70H,3-16,19-47,50-69H2,1-2H3,(H,81,91)(H,82,90)(H,83,92)(H,84,93)(H,85,94)(H,86,95)(H,87,99)(H,88,96)/b18-17-/t70-/m0/s1. The molecule has 0 unspecified atom stereocenters. The smallest absolute Gasteiger partial charge is 0.253 e. The molecule has 1 rings (SSSR count). The zero-order valence-electron chi connectivity index (χ0n) is 65.0. The summed E-state index contributed by atoms with van der Waals surface area (Å²) in [6.45, 7) is 10.6. The van der Waals surface area contributed by atoms with Crippen molar-refractivity contribution >= 4 is 59.1 Å². The maximum atomic E-state index is 13.4. The summed E-state index contributed by atoms with van der Waals surface area (Å²) in [7, 11) is 0. The number of allylic oxidation sites excluding steroid dienone is 2. The highest BCUT2D eigenvalue weighted by molar-refractivity contribution is 6.13. The van der Waals surface area contributed by atoms with Crippen molar-refractivity contribution in [2.45, 2.75) is 309 Å². The van der Waals surface area contributed by atoms with Crippen molar-refractivity contribution in [3.63, 3.8) is 0 Å². The van der Waals surface area contributed by atoms with Crippen molar-refractivity contribution in [3.05, 3.63) is 24.3 Å². The van der Waals surface area contributed by atoms with Crippen LogP contribution in [0.3, 0.4) is 0 Å². The van der Waals surface area contributed by atoms with E-state index in [1.54, 1.807) is 0 Å². The van der Waals surface area contributed by atoms with Crippen molar-refractivity contribution < 1.29 is 71.6 Å². The molecule has 0 aromatic carbocycles. The summed E-state index contributed by atoms with van der Waals surface area (Å²) in [5, 5.41) is 22.7. The molecule has 0 spiro atoms. The predicted octanol–water partition coefficient (Wildman–Crippen LogP) is 11.4. The van der Waals surface area contributed by atoms with Crippen molar-refractivity contribution in [1.82, 2.24) is 47.4 Å². The number of rotatable bonds is 78. The number of imide groups is 1. The maximum absolute atomic E-state index is 13.4. The molecule has 0 saturated carbocycles. The second kappa shape index (κ2) is 74.1. The van der Waals surface area contributed by atoms with Crippen LogP contribution in [0.4, 0.5) is 0 Å². The van der Waals surface area contributed by atoms with Crippen molar-refractivity contribution in [1.29, 1.82) is 0 Å². The van der Waals surface area contributed by atoms with E-state index in [1.165, 1.54) is 167 Å². The fourth-order valence-electron chi connectivity index (χ4n) is 11.6. The van der Waals surface area contributed by atoms with E-state index in [0.29, 0.717) is 124 Å². The van der Waals surface area contributed by atoms with Crippen LogP contribution in [-0.2, 0) is 71.6 Å². The van der Waals surface area contributed by atoms with Gasteiger partial charge in [0.25, 0.3) is 11.8 Å². The molecule has 1 heterocycles. The first-order valence-electron chi connectivity index (χ1n) is 41.1. The van der Waals surface area contributed by atoms with Crippen LogP contribution in [0.1, 0.15) is 303 Å². The van der Waals surface area contributed by atoms with Gasteiger partial charge in [-0.05, 0) is 89.9 Å². The summed E-state index contributed by atoms with van der Waals surface area (Å²) >= 11 is 0. The molecular formula is C80H145N9O15. The number of amides is 10. The van der Waals surface area contributed by atoms with Gasteiger partial charge in [-0.3, -0.25) is 52.8 Å². The van der Waals surface area contributed by atoms with Gasteiger partial charge in [-0.2, -0.15) is 0 Å². The SMILES string of the molecule is CCCCCCCC/C=C\CCCCCCCCCCCC(=O)NCCCOCCCNC(=O)CCCOCCCNC(=O)[C@H](CCC(=O)NCCOCCCC(=O)NCCCOCCCNC(=O)CCCCCCCCCCCCCCC)NC(=O)CCOCCNC(=O)CCN1C(=O)C=CC1=O. The van der Waals surface area contributed by atoms with Gasteiger partial charge in [0.05, 0.1) is 19.8 Å². The lowest BCUT2D eigenvalue weighted by molar-refractivity contribution is -0.137. The van der Waals surface area contributed by atoms with Gasteiger partial charge in [-0.15, -0.1) is 0 Å². The Morgan fingerprint density at radius 1 is 0.308 bits per heavy atom. The van der Waals surface area contributed by atoms with Crippen molar-refractivity contribution in [3.8, 4) is 0 Å². The Hall–Kier alpha value is -5.82. The van der Waals surface area contributed by atoms with Crippen LogP contribution in [0.25, 0.3) is 0 Å². The molecule has 104 heavy (non-hydrogen) atoms. The number of nitrogens with zero attached hydrogens (tertiary/aromatic N) is 1. The number of ether oxygens (including phenoxy) is 5. The van der Waals surface area contributed by atoms with E-state index in [4.69, 9.17) is 23.7 Å². The summed E-state index contributed by atoms with van der Waals surface area (Å²) in [4.78, 5) is 125. The minimum atomic E-state index is -1.03. The van der Waals surface area contributed by atoms with Crippen LogP contribution in [0.5, 0.6) is 0 Å².